The monoisotopic (exact) mass is 1120 g/mol. The fourth-order valence-corrected chi connectivity index (χ4v) is 657. The molecule has 0 rings (SSSR count). The highest BCUT2D eigenvalue weighted by Gasteiger charge is 2.91. The van der Waals surface area contributed by atoms with E-state index in [-0.39, 0.29) is 0 Å². The fraction of sp³-hybridized carbons (Fsp3) is 1.00. The molecule has 0 saturated carbocycles. The maximum absolute atomic E-state index is 5.42. The van der Waals surface area contributed by atoms with Gasteiger partial charge in [-0.1, -0.05) is 203 Å². The van der Waals surface area contributed by atoms with E-state index in [0.29, 0.717) is 30.2 Å². The van der Waals surface area contributed by atoms with E-state index in [4.69, 9.17) is 61.2 Å². The lowest BCUT2D eigenvalue weighted by Gasteiger charge is -2.78. The van der Waals surface area contributed by atoms with Crippen molar-refractivity contribution < 1.29 is 0 Å². The van der Waals surface area contributed by atoms with Crippen molar-refractivity contribution in [3.63, 3.8) is 0 Å². The Morgan fingerprint density at radius 2 is 0.300 bits per heavy atom. The van der Waals surface area contributed by atoms with Gasteiger partial charge in [0.1, 0.15) is 0 Å². The van der Waals surface area contributed by atoms with Gasteiger partial charge in [0, 0.05) is 45.5 Å². The first-order chi connectivity index (χ1) is 20.8. The van der Waals surface area contributed by atoms with Crippen LogP contribution < -0.4 is 0 Å². The fourth-order valence-electron chi connectivity index (χ4n) is 10.9. The van der Waals surface area contributed by atoms with Crippen LogP contribution in [-0.4, -0.2) is 66.5 Å². The molecule has 0 radical (unpaired) electrons. The van der Waals surface area contributed by atoms with Crippen molar-refractivity contribution in [1.82, 2.24) is 0 Å². The average molecular weight is 1120 g/mol. The maximum atomic E-state index is 5.42. The Morgan fingerprint density at radius 3 is 0.360 bits per heavy atom. The summed E-state index contributed by atoms with van der Waals surface area (Å²) in [6.45, 7) is 84.0. The topological polar surface area (TPSA) is 0 Å². The van der Waals surface area contributed by atoms with Gasteiger partial charge in [0.25, 0.3) is 0 Å². The van der Waals surface area contributed by atoms with Crippen molar-refractivity contribution >= 4 is 128 Å². The summed E-state index contributed by atoms with van der Waals surface area (Å²) in [7, 11) is -12.2. The highest BCUT2D eigenvalue weighted by Crippen LogP contribution is 2.72. The third-order valence-corrected chi connectivity index (χ3v) is 375. The first-order valence-corrected chi connectivity index (χ1v) is 63.5. The van der Waals surface area contributed by atoms with Crippen molar-refractivity contribution in [3.8, 4) is 0 Å². The van der Waals surface area contributed by atoms with E-state index >= 15 is 0 Å². The summed E-state index contributed by atoms with van der Waals surface area (Å²) >= 11 is 21.7. The molecule has 0 unspecified atom stereocenters. The Hall–Kier alpha value is 4.09. The van der Waals surface area contributed by atoms with Crippen LogP contribution in [0.1, 0.15) is 125 Å². The van der Waals surface area contributed by atoms with Gasteiger partial charge in [-0.3, -0.25) is 0 Å². The molecule has 0 aromatic carbocycles. The highest BCUT2D eigenvalue weighted by molar-refractivity contribution is 9.70. The molecule has 0 atom stereocenters. The summed E-state index contributed by atoms with van der Waals surface area (Å²) in [5, 5.41) is 1.77. The molecule has 14 heteroatoms. The maximum Gasteiger partial charge on any atom is 0.196 e. The zero-order valence-electron chi connectivity index (χ0n) is 39.5. The smallest absolute Gasteiger partial charge is 0.117 e. The van der Waals surface area contributed by atoms with Crippen molar-refractivity contribution in [2.24, 2.45) is 0 Å². The zero-order valence-corrected chi connectivity index (χ0v) is 55.9. The minimum atomic E-state index is -2.56. The number of hydrogen-bond donors (Lipinski definition) is 0. The highest BCUT2D eigenvalue weighted by atomic mass is 79.9. The summed E-state index contributed by atoms with van der Waals surface area (Å²) in [5.74, 6) is 0. The van der Waals surface area contributed by atoms with Gasteiger partial charge < -0.3 is 0 Å². The predicted molar refractivity (Wildman–Crippen MR) is 282 cm³/mol. The third kappa shape index (κ3) is 7.03. The Labute approximate surface area is 357 Å². The first-order valence-electron chi connectivity index (χ1n) is 19.5. The quantitative estimate of drug-likeness (QED) is 0.159. The minimum absolute atomic E-state index is 0.295. The standard InChI is InChI=1S/C36H90Br4Si10/c1-31(2,3)41(19,20)49(42(21,22)32(4,5)6,43(23,24)33(7,8)9)47(37,38)48(39,40)50(44(25,26)34(10,11)12,45(27,28)35(13,14)15)46(29,30)36(16,17)18/h1-30H3. The molecular formula is C36H90Br4Si10. The molecule has 0 N–H and O–H groups in total. The van der Waals surface area contributed by atoms with Crippen molar-refractivity contribution in [2.45, 2.75) is 233 Å². The van der Waals surface area contributed by atoms with E-state index in [0.717, 1.165) is 0 Å². The zero-order chi connectivity index (χ0) is 42.0. The van der Waals surface area contributed by atoms with Gasteiger partial charge in [0.05, 0.1) is 12.3 Å². The van der Waals surface area contributed by atoms with E-state index < -0.39 is 66.5 Å². The number of rotatable bonds is 9. The second-order valence-electron chi connectivity index (χ2n) is 25.9. The van der Waals surface area contributed by atoms with E-state index in [1.54, 1.807) is 0 Å². The molecule has 0 heterocycles. The summed E-state index contributed by atoms with van der Waals surface area (Å²) in [5.41, 5.74) is 0. The molecule has 0 fully saturated rings. The first kappa shape index (κ1) is 54.1. The average Bonchev–Trinajstić information content (AvgIpc) is 2.73. The molecule has 0 aromatic heterocycles. The second kappa shape index (κ2) is 14.4. The van der Waals surface area contributed by atoms with Crippen LogP contribution in [0, 0.1) is 0 Å². The molecule has 50 heavy (non-hydrogen) atoms. The lowest BCUT2D eigenvalue weighted by Crippen LogP contribution is -3.06. The molecule has 0 aliphatic carbocycles. The molecule has 0 bridgehead atoms. The third-order valence-electron chi connectivity index (χ3n) is 18.2. The number of halogens is 4. The van der Waals surface area contributed by atoms with Gasteiger partial charge in [-0.05, 0) is 30.2 Å². The van der Waals surface area contributed by atoms with E-state index in [2.05, 4.69) is 203 Å². The lowest BCUT2D eigenvalue weighted by molar-refractivity contribution is 0.719. The Morgan fingerprint density at radius 1 is 0.220 bits per heavy atom. The van der Waals surface area contributed by atoms with Crippen molar-refractivity contribution in [2.75, 3.05) is 0 Å². The van der Waals surface area contributed by atoms with Crippen LogP contribution in [0.4, 0.5) is 0 Å². The largest absolute Gasteiger partial charge is 0.196 e. The van der Waals surface area contributed by atoms with Crippen LogP contribution in [0.5, 0.6) is 0 Å². The van der Waals surface area contributed by atoms with Crippen LogP contribution in [0.3, 0.4) is 0 Å². The van der Waals surface area contributed by atoms with E-state index in [1.807, 2.05) is 0 Å². The van der Waals surface area contributed by atoms with Crippen LogP contribution in [0.15, 0.2) is 0 Å². The van der Waals surface area contributed by atoms with E-state index in [1.165, 1.54) is 0 Å². The SMILES string of the molecule is CC(C)(C)[Si](C)(C)[Si]([Si](C)(C)C(C)(C)C)([Si](C)(C)C(C)(C)C)[Si](Br)(Br)[Si](Br)(Br)[Si]([Si](C)(C)C(C)(C)C)([Si](C)(C)C(C)(C)C)[Si](C)(C)C(C)(C)C. The molecule has 0 spiro atoms. The summed E-state index contributed by atoms with van der Waals surface area (Å²) in [6, 6.07) is 0. The minimum Gasteiger partial charge on any atom is -0.117 e. The molecular weight excluding hydrogens is 1030 g/mol. The summed E-state index contributed by atoms with van der Waals surface area (Å²) in [6.07, 6.45) is -4.63. The Kier molecular flexibility index (Phi) is 15.6. The van der Waals surface area contributed by atoms with Gasteiger partial charge >= 0.3 is 0 Å². The van der Waals surface area contributed by atoms with Gasteiger partial charge in [-0.15, -0.1) is 61.2 Å². The van der Waals surface area contributed by atoms with Crippen LogP contribution in [0.25, 0.3) is 0 Å². The molecule has 0 aromatic rings. The van der Waals surface area contributed by atoms with Gasteiger partial charge in [-0.25, -0.2) is 0 Å². The van der Waals surface area contributed by atoms with Crippen LogP contribution in [0.2, 0.25) is 109 Å². The van der Waals surface area contributed by atoms with Crippen molar-refractivity contribution in [3.05, 3.63) is 0 Å². The molecule has 0 aliphatic rings. The van der Waals surface area contributed by atoms with Gasteiger partial charge in [-0.2, -0.15) is 0 Å². The second-order valence-corrected chi connectivity index (χ2v) is 168. The van der Waals surface area contributed by atoms with E-state index in [9.17, 15) is 0 Å². The molecule has 302 valence electrons. The Balaban J connectivity index is 10.4. The summed E-state index contributed by atoms with van der Waals surface area (Å²) in [4.78, 5) is 0. The molecule has 0 amide bonds. The normalized spacial score (nSPS) is 17.4. The molecule has 0 aliphatic heterocycles. The Bertz CT molecular complexity index is 1000. The van der Waals surface area contributed by atoms with Gasteiger partial charge in [0.15, 0.2) is 8.70 Å². The van der Waals surface area contributed by atoms with Crippen LogP contribution >= 0.6 is 61.2 Å². The van der Waals surface area contributed by atoms with Crippen LogP contribution in [-0.2, 0) is 0 Å². The molecule has 0 saturated heterocycles. The van der Waals surface area contributed by atoms with Crippen molar-refractivity contribution in [1.29, 1.82) is 0 Å². The predicted octanol–water partition coefficient (Wildman–Crippen LogP) is 17.1. The molecule has 0 nitrogen and oxygen atoms in total. The number of hydrogen-bond acceptors (Lipinski definition) is 0. The summed E-state index contributed by atoms with van der Waals surface area (Å²) < 4.78 is -5.12. The van der Waals surface area contributed by atoms with Gasteiger partial charge in [0.2, 0.25) is 0 Å². The lowest BCUT2D eigenvalue weighted by atomic mass is 10.2.